The zero-order chi connectivity index (χ0) is 20.6. The van der Waals surface area contributed by atoms with Gasteiger partial charge in [-0.25, -0.2) is 0 Å². The summed E-state index contributed by atoms with van der Waals surface area (Å²) >= 11 is 6.23. The lowest BCUT2D eigenvalue weighted by Crippen LogP contribution is -2.50. The van der Waals surface area contributed by atoms with Gasteiger partial charge < -0.3 is 9.47 Å². The Morgan fingerprint density at radius 1 is 1.10 bits per heavy atom. The number of rotatable bonds is 6. The van der Waals surface area contributed by atoms with Gasteiger partial charge in [0.25, 0.3) is 5.91 Å². The summed E-state index contributed by atoms with van der Waals surface area (Å²) in [5, 5.41) is 0.288. The van der Waals surface area contributed by atoms with Crippen LogP contribution in [0.4, 0.5) is 0 Å². The van der Waals surface area contributed by atoms with E-state index in [-0.39, 0.29) is 16.3 Å². The highest BCUT2D eigenvalue weighted by Crippen LogP contribution is 2.61. The molecule has 7 heteroatoms. The van der Waals surface area contributed by atoms with E-state index in [0.29, 0.717) is 30.1 Å². The van der Waals surface area contributed by atoms with E-state index in [2.05, 4.69) is 10.9 Å². The highest BCUT2D eigenvalue weighted by Gasteiger charge is 2.51. The van der Waals surface area contributed by atoms with Gasteiger partial charge in [0.15, 0.2) is 11.5 Å². The van der Waals surface area contributed by atoms with Gasteiger partial charge in [-0.1, -0.05) is 11.6 Å². The first kappa shape index (κ1) is 20.3. The van der Waals surface area contributed by atoms with Crippen molar-refractivity contribution in [2.24, 2.45) is 23.2 Å². The molecule has 4 saturated carbocycles. The summed E-state index contributed by atoms with van der Waals surface area (Å²) in [6.07, 6.45) is 8.00. The van der Waals surface area contributed by atoms with Crippen LogP contribution in [0.5, 0.6) is 11.5 Å². The molecule has 4 aliphatic rings. The molecule has 4 bridgehead atoms. The minimum atomic E-state index is -0.438. The van der Waals surface area contributed by atoms with Crippen molar-refractivity contribution in [1.29, 1.82) is 0 Å². The molecule has 0 aliphatic heterocycles. The maximum atomic E-state index is 12.6. The van der Waals surface area contributed by atoms with E-state index in [1.54, 1.807) is 6.07 Å². The number of hydrogen-bond acceptors (Lipinski definition) is 4. The standard InChI is InChI=1S/C22H29ClN2O4/c1-3-29-20-17(23)7-16(8-18(20)28-2)21(27)25-24-19(26)12-22-9-13-4-14(10-22)6-15(5-13)11-22/h7-8,13-15H,3-6,9-12H2,1-2H3,(H,24,26)(H,25,27). The number of carbonyl (C=O) groups excluding carboxylic acids is 2. The molecule has 29 heavy (non-hydrogen) atoms. The molecule has 1 aromatic rings. The predicted molar refractivity (Wildman–Crippen MR) is 110 cm³/mol. The number of hydrogen-bond donors (Lipinski definition) is 2. The quantitative estimate of drug-likeness (QED) is 0.679. The van der Waals surface area contributed by atoms with Crippen LogP contribution in [0.1, 0.15) is 62.2 Å². The van der Waals surface area contributed by atoms with Crippen LogP contribution in [0.25, 0.3) is 0 Å². The van der Waals surface area contributed by atoms with Gasteiger partial charge in [0.2, 0.25) is 5.91 Å². The average Bonchev–Trinajstić information content (AvgIpc) is 2.66. The normalized spacial score (nSPS) is 29.4. The summed E-state index contributed by atoms with van der Waals surface area (Å²) in [6.45, 7) is 2.28. The first-order chi connectivity index (χ1) is 13.9. The second-order valence-corrected chi connectivity index (χ2v) is 9.43. The van der Waals surface area contributed by atoms with E-state index in [9.17, 15) is 9.59 Å². The number of halogens is 1. The van der Waals surface area contributed by atoms with Crippen LogP contribution in [0.15, 0.2) is 12.1 Å². The van der Waals surface area contributed by atoms with Crippen LogP contribution in [0.3, 0.4) is 0 Å². The molecular weight excluding hydrogens is 392 g/mol. The van der Waals surface area contributed by atoms with Crippen LogP contribution >= 0.6 is 11.6 Å². The third-order valence-corrected chi connectivity index (χ3v) is 7.08. The van der Waals surface area contributed by atoms with E-state index >= 15 is 0 Å². The van der Waals surface area contributed by atoms with Gasteiger partial charge in [0.1, 0.15) is 0 Å². The number of methoxy groups -OCH3 is 1. The Balaban J connectivity index is 1.36. The second kappa shape index (κ2) is 8.05. The zero-order valence-corrected chi connectivity index (χ0v) is 17.8. The van der Waals surface area contributed by atoms with Gasteiger partial charge in [-0.05, 0) is 80.8 Å². The summed E-state index contributed by atoms with van der Waals surface area (Å²) < 4.78 is 10.7. The lowest BCUT2D eigenvalue weighted by Gasteiger charge is -2.56. The Morgan fingerprint density at radius 2 is 1.72 bits per heavy atom. The molecule has 2 amide bonds. The monoisotopic (exact) mass is 420 g/mol. The number of nitrogens with one attached hydrogen (secondary N) is 2. The number of hydrazine groups is 1. The van der Waals surface area contributed by atoms with E-state index in [4.69, 9.17) is 21.1 Å². The molecule has 2 N–H and O–H groups in total. The van der Waals surface area contributed by atoms with Crippen LogP contribution in [0, 0.1) is 23.2 Å². The Bertz CT molecular complexity index is 775. The molecule has 0 unspecified atom stereocenters. The Kier molecular flexibility index (Phi) is 5.65. The molecule has 0 spiro atoms. The van der Waals surface area contributed by atoms with Crippen molar-refractivity contribution < 1.29 is 19.1 Å². The third kappa shape index (κ3) is 4.18. The first-order valence-corrected chi connectivity index (χ1v) is 10.9. The van der Waals surface area contributed by atoms with Gasteiger partial charge in [0.05, 0.1) is 18.7 Å². The molecule has 6 nitrogen and oxygen atoms in total. The number of ether oxygens (including phenoxy) is 2. The smallest absolute Gasteiger partial charge is 0.269 e. The lowest BCUT2D eigenvalue weighted by atomic mass is 9.49. The largest absolute Gasteiger partial charge is 0.493 e. The van der Waals surface area contributed by atoms with Gasteiger partial charge in [0, 0.05) is 12.0 Å². The number of benzene rings is 1. The van der Waals surface area contributed by atoms with Crippen LogP contribution in [-0.4, -0.2) is 25.5 Å². The molecule has 4 fully saturated rings. The first-order valence-electron chi connectivity index (χ1n) is 10.5. The van der Waals surface area contributed by atoms with Crippen molar-refractivity contribution in [1.82, 2.24) is 10.9 Å². The fraction of sp³-hybridized carbons (Fsp3) is 0.636. The molecule has 158 valence electrons. The number of carbonyl (C=O) groups is 2. The minimum absolute atomic E-state index is 0.121. The summed E-state index contributed by atoms with van der Waals surface area (Å²) in [7, 11) is 1.49. The van der Waals surface area contributed by atoms with Crippen molar-refractivity contribution in [2.45, 2.75) is 51.9 Å². The lowest BCUT2D eigenvalue weighted by molar-refractivity contribution is -0.130. The fourth-order valence-corrected chi connectivity index (χ4v) is 6.49. The van der Waals surface area contributed by atoms with E-state index in [0.717, 1.165) is 37.0 Å². The molecule has 0 saturated heterocycles. The Hall–Kier alpha value is -1.95. The van der Waals surface area contributed by atoms with Crippen molar-refractivity contribution >= 4 is 23.4 Å². The molecule has 0 heterocycles. The second-order valence-electron chi connectivity index (χ2n) is 9.02. The van der Waals surface area contributed by atoms with E-state index < -0.39 is 5.91 Å². The maximum absolute atomic E-state index is 12.6. The van der Waals surface area contributed by atoms with Gasteiger partial charge >= 0.3 is 0 Å². The molecule has 0 aromatic heterocycles. The van der Waals surface area contributed by atoms with Crippen molar-refractivity contribution in [3.63, 3.8) is 0 Å². The topological polar surface area (TPSA) is 76.7 Å². The number of amides is 2. The van der Waals surface area contributed by atoms with Crippen LogP contribution in [0.2, 0.25) is 5.02 Å². The van der Waals surface area contributed by atoms with Crippen molar-refractivity contribution in [3.05, 3.63) is 22.7 Å². The maximum Gasteiger partial charge on any atom is 0.269 e. The highest BCUT2D eigenvalue weighted by molar-refractivity contribution is 6.32. The Morgan fingerprint density at radius 3 is 2.28 bits per heavy atom. The molecule has 4 aliphatic carbocycles. The third-order valence-electron chi connectivity index (χ3n) is 6.80. The summed E-state index contributed by atoms with van der Waals surface area (Å²) in [5.41, 5.74) is 5.55. The van der Waals surface area contributed by atoms with E-state index in [1.165, 1.54) is 32.4 Å². The fourth-order valence-electron chi connectivity index (χ4n) is 6.23. The highest BCUT2D eigenvalue weighted by atomic mass is 35.5. The average molecular weight is 421 g/mol. The van der Waals surface area contributed by atoms with Crippen LogP contribution in [-0.2, 0) is 4.79 Å². The van der Waals surface area contributed by atoms with E-state index in [1.807, 2.05) is 6.92 Å². The minimum Gasteiger partial charge on any atom is -0.493 e. The molecular formula is C22H29ClN2O4. The zero-order valence-electron chi connectivity index (χ0n) is 17.1. The summed E-state index contributed by atoms with van der Waals surface area (Å²) in [5.74, 6) is 2.60. The summed E-state index contributed by atoms with van der Waals surface area (Å²) in [4.78, 5) is 25.1. The molecule has 5 rings (SSSR count). The van der Waals surface area contributed by atoms with Gasteiger partial charge in [-0.3, -0.25) is 20.4 Å². The Labute approximate surface area is 176 Å². The summed E-state index contributed by atoms with van der Waals surface area (Å²) in [6, 6.07) is 3.06. The predicted octanol–water partition coefficient (Wildman–Crippen LogP) is 4.11. The SMILES string of the molecule is CCOc1c(Cl)cc(C(=O)NNC(=O)CC23CC4CC(CC(C4)C2)C3)cc1OC. The van der Waals surface area contributed by atoms with Gasteiger partial charge in [-0.15, -0.1) is 0 Å². The molecule has 1 aromatic carbocycles. The molecule has 0 radical (unpaired) electrons. The van der Waals surface area contributed by atoms with Crippen LogP contribution < -0.4 is 20.3 Å². The van der Waals surface area contributed by atoms with Gasteiger partial charge in [-0.2, -0.15) is 0 Å². The van der Waals surface area contributed by atoms with Crippen molar-refractivity contribution in [2.75, 3.05) is 13.7 Å². The van der Waals surface area contributed by atoms with Crippen molar-refractivity contribution in [3.8, 4) is 11.5 Å². The molecule has 0 atom stereocenters.